The first-order chi connectivity index (χ1) is 10.7. The standard InChI is InChI=1S/C17H25N3O2/c21-16(19-11-13-6-7-13)10-15-5-1-2-9-20(15)12-14-4-3-8-18-17(14)22/h3-4,8,13,15H,1-2,5-7,9-12H2,(H,18,22)(H,19,21). The molecule has 1 atom stereocenters. The smallest absolute Gasteiger partial charge is 0.252 e. The van der Waals surface area contributed by atoms with E-state index >= 15 is 0 Å². The molecule has 2 heterocycles. The molecule has 0 spiro atoms. The van der Waals surface area contributed by atoms with Crippen LogP contribution in [0, 0.1) is 5.92 Å². The summed E-state index contributed by atoms with van der Waals surface area (Å²) < 4.78 is 0. The lowest BCUT2D eigenvalue weighted by molar-refractivity contribution is -0.122. The van der Waals surface area contributed by atoms with Gasteiger partial charge in [-0.1, -0.05) is 12.5 Å². The van der Waals surface area contributed by atoms with Gasteiger partial charge in [-0.2, -0.15) is 0 Å². The van der Waals surface area contributed by atoms with Crippen molar-refractivity contribution >= 4 is 5.91 Å². The maximum absolute atomic E-state index is 12.1. The molecule has 1 aliphatic carbocycles. The Morgan fingerprint density at radius 2 is 2.18 bits per heavy atom. The van der Waals surface area contributed by atoms with Gasteiger partial charge in [0.15, 0.2) is 0 Å². The molecule has 5 nitrogen and oxygen atoms in total. The average molecular weight is 303 g/mol. The highest BCUT2D eigenvalue weighted by Crippen LogP contribution is 2.27. The number of carbonyl (C=O) groups is 1. The van der Waals surface area contributed by atoms with E-state index < -0.39 is 0 Å². The molecule has 120 valence electrons. The Balaban J connectivity index is 1.57. The van der Waals surface area contributed by atoms with E-state index in [0.717, 1.165) is 31.5 Å². The molecule has 1 aromatic heterocycles. The highest BCUT2D eigenvalue weighted by atomic mass is 16.1. The number of nitrogens with zero attached hydrogens (tertiary/aromatic N) is 1. The Labute approximate surface area is 131 Å². The molecule has 1 saturated carbocycles. The van der Waals surface area contributed by atoms with Crippen molar-refractivity contribution in [3.63, 3.8) is 0 Å². The van der Waals surface area contributed by atoms with Gasteiger partial charge in [0, 0.05) is 37.3 Å². The van der Waals surface area contributed by atoms with Gasteiger partial charge in [0.2, 0.25) is 5.91 Å². The van der Waals surface area contributed by atoms with Crippen LogP contribution < -0.4 is 10.9 Å². The molecule has 2 aliphatic rings. The van der Waals surface area contributed by atoms with Crippen LogP contribution in [0.2, 0.25) is 0 Å². The molecule has 2 N–H and O–H groups in total. The third-order valence-electron chi connectivity index (χ3n) is 4.73. The largest absolute Gasteiger partial charge is 0.356 e. The van der Waals surface area contributed by atoms with Crippen LogP contribution in [0.5, 0.6) is 0 Å². The van der Waals surface area contributed by atoms with Crippen LogP contribution in [0.25, 0.3) is 0 Å². The number of aromatic amines is 1. The first-order valence-electron chi connectivity index (χ1n) is 8.39. The van der Waals surface area contributed by atoms with E-state index in [0.29, 0.717) is 18.9 Å². The number of aromatic nitrogens is 1. The number of nitrogens with one attached hydrogen (secondary N) is 2. The Morgan fingerprint density at radius 3 is 2.95 bits per heavy atom. The molecule has 0 radical (unpaired) electrons. The molecule has 2 fully saturated rings. The van der Waals surface area contributed by atoms with Gasteiger partial charge in [0.05, 0.1) is 0 Å². The summed E-state index contributed by atoms with van der Waals surface area (Å²) in [6, 6.07) is 3.99. The van der Waals surface area contributed by atoms with Crippen molar-refractivity contribution in [1.82, 2.24) is 15.2 Å². The Hall–Kier alpha value is -1.62. The molecule has 1 saturated heterocycles. The first-order valence-corrected chi connectivity index (χ1v) is 8.39. The normalized spacial score (nSPS) is 22.5. The maximum atomic E-state index is 12.1. The Morgan fingerprint density at radius 1 is 1.32 bits per heavy atom. The molecule has 5 heteroatoms. The van der Waals surface area contributed by atoms with Gasteiger partial charge in [0.25, 0.3) is 5.56 Å². The fourth-order valence-corrected chi connectivity index (χ4v) is 3.17. The number of amides is 1. The number of piperidine rings is 1. The van der Waals surface area contributed by atoms with Crippen LogP contribution in [0.3, 0.4) is 0 Å². The number of hydrogen-bond donors (Lipinski definition) is 2. The molecule has 1 unspecified atom stereocenters. The summed E-state index contributed by atoms with van der Waals surface area (Å²) in [5.74, 6) is 0.875. The zero-order valence-electron chi connectivity index (χ0n) is 13.0. The van der Waals surface area contributed by atoms with Crippen molar-refractivity contribution in [2.75, 3.05) is 13.1 Å². The van der Waals surface area contributed by atoms with Gasteiger partial charge < -0.3 is 10.3 Å². The van der Waals surface area contributed by atoms with Gasteiger partial charge in [-0.15, -0.1) is 0 Å². The zero-order chi connectivity index (χ0) is 15.4. The van der Waals surface area contributed by atoms with Gasteiger partial charge in [-0.05, 0) is 44.2 Å². The Kier molecular flexibility index (Phi) is 4.93. The molecule has 1 aliphatic heterocycles. The topological polar surface area (TPSA) is 65.2 Å². The summed E-state index contributed by atoms with van der Waals surface area (Å²) in [6.07, 6.45) is 8.08. The SMILES string of the molecule is O=C(CC1CCCCN1Cc1ccc[nH]c1=O)NCC1CC1. The number of likely N-dealkylation sites (tertiary alicyclic amines) is 1. The van der Waals surface area contributed by atoms with Crippen LogP contribution in [-0.4, -0.2) is 34.9 Å². The predicted octanol–water partition coefficient (Wildman–Crippen LogP) is 1.65. The van der Waals surface area contributed by atoms with Crippen molar-refractivity contribution < 1.29 is 4.79 Å². The maximum Gasteiger partial charge on any atom is 0.252 e. The summed E-state index contributed by atoms with van der Waals surface area (Å²) in [5.41, 5.74) is 0.762. The van der Waals surface area contributed by atoms with Crippen molar-refractivity contribution in [2.45, 2.75) is 51.1 Å². The van der Waals surface area contributed by atoms with Gasteiger partial charge in [-0.3, -0.25) is 14.5 Å². The number of hydrogen-bond acceptors (Lipinski definition) is 3. The third-order valence-corrected chi connectivity index (χ3v) is 4.73. The fraction of sp³-hybridized carbons (Fsp3) is 0.647. The Bertz CT molecular complexity index is 565. The first kappa shape index (κ1) is 15.3. The lowest BCUT2D eigenvalue weighted by Crippen LogP contribution is -2.43. The fourth-order valence-electron chi connectivity index (χ4n) is 3.17. The van der Waals surface area contributed by atoms with E-state index in [-0.39, 0.29) is 17.5 Å². The van der Waals surface area contributed by atoms with Gasteiger partial charge >= 0.3 is 0 Å². The summed E-state index contributed by atoms with van der Waals surface area (Å²) in [4.78, 5) is 29.0. The van der Waals surface area contributed by atoms with E-state index in [1.165, 1.54) is 19.3 Å². The summed E-state index contributed by atoms with van der Waals surface area (Å²) in [7, 11) is 0. The molecule has 1 aromatic rings. The molecule has 0 bridgehead atoms. The van der Waals surface area contributed by atoms with E-state index in [1.54, 1.807) is 6.20 Å². The van der Waals surface area contributed by atoms with Crippen LogP contribution in [0.1, 0.15) is 44.1 Å². The minimum atomic E-state index is -0.0231. The quantitative estimate of drug-likeness (QED) is 0.840. The van der Waals surface area contributed by atoms with Crippen molar-refractivity contribution in [3.05, 3.63) is 34.2 Å². The number of carbonyl (C=O) groups excluding carboxylic acids is 1. The molecular weight excluding hydrogens is 278 g/mol. The highest BCUT2D eigenvalue weighted by Gasteiger charge is 2.26. The summed E-state index contributed by atoms with van der Waals surface area (Å²) in [6.45, 7) is 2.44. The number of rotatable bonds is 6. The molecule has 0 aromatic carbocycles. The number of H-pyrrole nitrogens is 1. The second kappa shape index (κ2) is 7.09. The lowest BCUT2D eigenvalue weighted by Gasteiger charge is -2.35. The second-order valence-corrected chi connectivity index (χ2v) is 6.60. The van der Waals surface area contributed by atoms with E-state index in [9.17, 15) is 9.59 Å². The van der Waals surface area contributed by atoms with Crippen LogP contribution in [0.15, 0.2) is 23.1 Å². The van der Waals surface area contributed by atoms with Gasteiger partial charge in [-0.25, -0.2) is 0 Å². The second-order valence-electron chi connectivity index (χ2n) is 6.60. The van der Waals surface area contributed by atoms with Crippen LogP contribution in [-0.2, 0) is 11.3 Å². The van der Waals surface area contributed by atoms with E-state index in [2.05, 4.69) is 15.2 Å². The lowest BCUT2D eigenvalue weighted by atomic mass is 9.98. The van der Waals surface area contributed by atoms with E-state index in [1.807, 2.05) is 12.1 Å². The predicted molar refractivity (Wildman–Crippen MR) is 85.5 cm³/mol. The molecule has 1 amide bonds. The van der Waals surface area contributed by atoms with Crippen LogP contribution in [0.4, 0.5) is 0 Å². The highest BCUT2D eigenvalue weighted by molar-refractivity contribution is 5.76. The van der Waals surface area contributed by atoms with Crippen molar-refractivity contribution in [2.24, 2.45) is 5.92 Å². The molecule has 3 rings (SSSR count). The zero-order valence-corrected chi connectivity index (χ0v) is 13.0. The average Bonchev–Trinajstić information content (AvgIpc) is 3.34. The molecule has 22 heavy (non-hydrogen) atoms. The van der Waals surface area contributed by atoms with Gasteiger partial charge in [0.1, 0.15) is 0 Å². The monoisotopic (exact) mass is 303 g/mol. The third kappa shape index (κ3) is 4.19. The number of pyridine rings is 1. The van der Waals surface area contributed by atoms with Crippen LogP contribution >= 0.6 is 0 Å². The minimum Gasteiger partial charge on any atom is -0.356 e. The van der Waals surface area contributed by atoms with E-state index in [4.69, 9.17) is 0 Å². The van der Waals surface area contributed by atoms with Crippen molar-refractivity contribution in [3.8, 4) is 0 Å². The molecular formula is C17H25N3O2. The minimum absolute atomic E-state index is 0.0231. The van der Waals surface area contributed by atoms with Crippen molar-refractivity contribution in [1.29, 1.82) is 0 Å². The summed E-state index contributed by atoms with van der Waals surface area (Å²) >= 11 is 0. The summed E-state index contributed by atoms with van der Waals surface area (Å²) in [5, 5.41) is 3.05.